The van der Waals surface area contributed by atoms with Crippen LogP contribution >= 0.6 is 0 Å². The third-order valence-electron chi connectivity index (χ3n) is 4.76. The number of allylic oxidation sites excluding steroid dienone is 4. The van der Waals surface area contributed by atoms with Gasteiger partial charge in [-0.25, -0.2) is 14.4 Å². The smallest absolute Gasteiger partial charge is 0.307 e. The summed E-state index contributed by atoms with van der Waals surface area (Å²) in [6.07, 6.45) is 7.33. The van der Waals surface area contributed by atoms with Crippen molar-refractivity contribution in [3.05, 3.63) is 41.8 Å². The minimum Gasteiger partial charge on any atom is -0.489 e. The fraction of sp³-hybridized carbons (Fsp3) is 0.471. The maximum atomic E-state index is 13.2. The molecule has 1 aromatic heterocycles. The monoisotopic (exact) mass is 318 g/mol. The molecule has 0 bridgehead atoms. The number of aromatic nitrogens is 2. The minimum atomic E-state index is -0.825. The van der Waals surface area contributed by atoms with Gasteiger partial charge >= 0.3 is 5.97 Å². The zero-order valence-corrected chi connectivity index (χ0v) is 13.1. The van der Waals surface area contributed by atoms with Crippen LogP contribution < -0.4 is 4.74 Å². The van der Waals surface area contributed by atoms with Gasteiger partial charge in [-0.15, -0.1) is 0 Å². The lowest BCUT2D eigenvalue weighted by molar-refractivity contribution is -0.140. The van der Waals surface area contributed by atoms with E-state index in [1.54, 1.807) is 19.2 Å². The van der Waals surface area contributed by atoms with Gasteiger partial charge in [-0.05, 0) is 44.8 Å². The molecule has 0 amide bonds. The van der Waals surface area contributed by atoms with Gasteiger partial charge in [-0.1, -0.05) is 6.08 Å². The highest BCUT2D eigenvalue weighted by Gasteiger charge is 2.62. The molecule has 1 aromatic rings. The summed E-state index contributed by atoms with van der Waals surface area (Å²) in [5.41, 5.74) is 0.238. The lowest BCUT2D eigenvalue weighted by atomic mass is 9.82. The number of aliphatic carboxylic acids is 1. The van der Waals surface area contributed by atoms with Gasteiger partial charge in [-0.3, -0.25) is 4.79 Å². The van der Waals surface area contributed by atoms with Crippen LogP contribution in [0.3, 0.4) is 0 Å². The first-order valence-corrected chi connectivity index (χ1v) is 7.62. The highest BCUT2D eigenvalue weighted by atomic mass is 19.1. The van der Waals surface area contributed by atoms with E-state index >= 15 is 0 Å². The standard InChI is InChI=1S/C17H19FN2O3/c1-10-15(8-19-11(2)20-10)23-9-17(7-14(17)16(21)22)12-3-5-13(18)6-4-12/h3,5-6,8,12,14H,4,7,9H2,1-2H3,(H,21,22)/t12?,14-,17+/m0/s1. The molecule has 0 radical (unpaired) electrons. The van der Waals surface area contributed by atoms with E-state index < -0.39 is 17.3 Å². The Kier molecular flexibility index (Phi) is 3.92. The van der Waals surface area contributed by atoms with Crippen molar-refractivity contribution in [1.82, 2.24) is 9.97 Å². The third-order valence-corrected chi connectivity index (χ3v) is 4.76. The van der Waals surface area contributed by atoms with Crippen molar-refractivity contribution in [2.24, 2.45) is 17.3 Å². The molecule has 3 atom stereocenters. The van der Waals surface area contributed by atoms with Crippen LogP contribution in [0.2, 0.25) is 0 Å². The molecule has 1 saturated carbocycles. The van der Waals surface area contributed by atoms with Crippen LogP contribution in [0.5, 0.6) is 5.75 Å². The number of rotatable bonds is 5. The third kappa shape index (κ3) is 2.98. The van der Waals surface area contributed by atoms with Gasteiger partial charge in [0.2, 0.25) is 0 Å². The maximum absolute atomic E-state index is 13.2. The predicted octanol–water partition coefficient (Wildman–Crippen LogP) is 2.99. The second-order valence-electron chi connectivity index (χ2n) is 6.27. The average Bonchev–Trinajstić information content (AvgIpc) is 3.23. The molecule has 0 saturated heterocycles. The molecule has 0 aromatic carbocycles. The van der Waals surface area contributed by atoms with E-state index in [1.165, 1.54) is 12.2 Å². The van der Waals surface area contributed by atoms with E-state index in [0.717, 1.165) is 5.69 Å². The summed E-state index contributed by atoms with van der Waals surface area (Å²) in [5.74, 6) is -0.363. The molecule has 1 heterocycles. The van der Waals surface area contributed by atoms with Crippen LogP contribution in [0.15, 0.2) is 30.3 Å². The summed E-state index contributed by atoms with van der Waals surface area (Å²) in [5, 5.41) is 9.37. The lowest BCUT2D eigenvalue weighted by Gasteiger charge is -2.26. The number of carboxylic acids is 1. The fourth-order valence-electron chi connectivity index (χ4n) is 3.28. The molecule has 2 aliphatic rings. The van der Waals surface area contributed by atoms with E-state index in [2.05, 4.69) is 9.97 Å². The highest BCUT2D eigenvalue weighted by molar-refractivity contribution is 5.75. The quantitative estimate of drug-likeness (QED) is 0.903. The Bertz CT molecular complexity index is 701. The Balaban J connectivity index is 1.76. The van der Waals surface area contributed by atoms with Crippen LogP contribution in [0.4, 0.5) is 4.39 Å². The molecular formula is C17H19FN2O3. The molecule has 1 fully saturated rings. The second kappa shape index (κ2) is 5.76. The Morgan fingerprint density at radius 2 is 2.30 bits per heavy atom. The Hall–Kier alpha value is -2.24. The summed E-state index contributed by atoms with van der Waals surface area (Å²) in [6, 6.07) is 0. The molecule has 1 N–H and O–H groups in total. The topological polar surface area (TPSA) is 72.3 Å². The number of ether oxygens (including phenoxy) is 1. The largest absolute Gasteiger partial charge is 0.489 e. The van der Waals surface area contributed by atoms with Gasteiger partial charge in [0.1, 0.15) is 11.7 Å². The summed E-state index contributed by atoms with van der Waals surface area (Å²) < 4.78 is 19.0. The molecular weight excluding hydrogens is 299 g/mol. The van der Waals surface area contributed by atoms with E-state index in [9.17, 15) is 14.3 Å². The zero-order valence-electron chi connectivity index (χ0n) is 13.1. The fourth-order valence-corrected chi connectivity index (χ4v) is 3.28. The number of halogens is 1. The first kappa shape index (κ1) is 15.6. The number of carboxylic acid groups (broad SMARTS) is 1. The van der Waals surface area contributed by atoms with Gasteiger partial charge in [0.15, 0.2) is 5.75 Å². The van der Waals surface area contributed by atoms with Gasteiger partial charge in [0.25, 0.3) is 0 Å². The van der Waals surface area contributed by atoms with Crippen LogP contribution in [-0.2, 0) is 4.79 Å². The van der Waals surface area contributed by atoms with Crippen molar-refractivity contribution in [3.63, 3.8) is 0 Å². The van der Waals surface area contributed by atoms with Crippen molar-refractivity contribution in [1.29, 1.82) is 0 Å². The van der Waals surface area contributed by atoms with Crippen LogP contribution in [0.25, 0.3) is 0 Å². The molecule has 2 aliphatic carbocycles. The SMILES string of the molecule is Cc1ncc(OC[C@@]2(C3C=CC(F)=CC3)C[C@H]2C(=O)O)c(C)n1. The van der Waals surface area contributed by atoms with Gasteiger partial charge in [0, 0.05) is 5.41 Å². The highest BCUT2D eigenvalue weighted by Crippen LogP contribution is 2.60. The first-order valence-electron chi connectivity index (χ1n) is 7.62. The molecule has 6 heteroatoms. The summed E-state index contributed by atoms with van der Waals surface area (Å²) in [4.78, 5) is 19.8. The van der Waals surface area contributed by atoms with Gasteiger partial charge in [-0.2, -0.15) is 0 Å². The molecule has 1 unspecified atom stereocenters. The Labute approximate surface area is 133 Å². The maximum Gasteiger partial charge on any atom is 0.307 e. The molecule has 5 nitrogen and oxygen atoms in total. The normalized spacial score (nSPS) is 29.1. The van der Waals surface area contributed by atoms with Crippen molar-refractivity contribution in [2.45, 2.75) is 26.7 Å². The van der Waals surface area contributed by atoms with Crippen LogP contribution in [0, 0.1) is 31.1 Å². The predicted molar refractivity (Wildman–Crippen MR) is 81.6 cm³/mol. The number of aryl methyl sites for hydroxylation is 2. The average molecular weight is 318 g/mol. The van der Waals surface area contributed by atoms with Crippen molar-refractivity contribution >= 4 is 5.97 Å². The second-order valence-corrected chi connectivity index (χ2v) is 6.27. The van der Waals surface area contributed by atoms with Crippen molar-refractivity contribution in [3.8, 4) is 5.75 Å². The van der Waals surface area contributed by atoms with Gasteiger partial charge < -0.3 is 9.84 Å². The van der Waals surface area contributed by atoms with E-state index in [0.29, 0.717) is 24.4 Å². The number of nitrogens with zero attached hydrogens (tertiary/aromatic N) is 2. The molecule has 0 aliphatic heterocycles. The number of hydrogen-bond acceptors (Lipinski definition) is 4. The summed E-state index contributed by atoms with van der Waals surface area (Å²) in [7, 11) is 0. The van der Waals surface area contributed by atoms with E-state index in [4.69, 9.17) is 4.74 Å². The minimum absolute atomic E-state index is 0.0326. The van der Waals surface area contributed by atoms with Crippen molar-refractivity contribution < 1.29 is 19.0 Å². The molecule has 0 spiro atoms. The summed E-state index contributed by atoms with van der Waals surface area (Å²) in [6.45, 7) is 3.89. The summed E-state index contributed by atoms with van der Waals surface area (Å²) >= 11 is 0. The number of carbonyl (C=O) groups is 1. The Morgan fingerprint density at radius 1 is 1.52 bits per heavy atom. The molecule has 23 heavy (non-hydrogen) atoms. The number of hydrogen-bond donors (Lipinski definition) is 1. The Morgan fingerprint density at radius 3 is 2.87 bits per heavy atom. The molecule has 122 valence electrons. The van der Waals surface area contributed by atoms with E-state index in [1.807, 2.05) is 6.92 Å². The lowest BCUT2D eigenvalue weighted by Crippen LogP contribution is -2.27. The van der Waals surface area contributed by atoms with Crippen molar-refractivity contribution in [2.75, 3.05) is 6.61 Å². The van der Waals surface area contributed by atoms with Gasteiger partial charge in [0.05, 0.1) is 24.4 Å². The first-order chi connectivity index (χ1) is 10.9. The molecule has 3 rings (SSSR count). The van der Waals surface area contributed by atoms with E-state index in [-0.39, 0.29) is 18.4 Å². The van der Waals surface area contributed by atoms with Crippen LogP contribution in [-0.4, -0.2) is 27.7 Å². The van der Waals surface area contributed by atoms with Crippen LogP contribution in [0.1, 0.15) is 24.4 Å². The zero-order chi connectivity index (χ0) is 16.6.